The summed E-state index contributed by atoms with van der Waals surface area (Å²) in [5.41, 5.74) is 0. The zero-order valence-corrected chi connectivity index (χ0v) is 8.45. The van der Waals surface area contributed by atoms with Gasteiger partial charge in [0.05, 0.1) is 6.10 Å². The third-order valence-electron chi connectivity index (χ3n) is 2.15. The molecule has 0 amide bonds. The van der Waals surface area contributed by atoms with Gasteiger partial charge in [-0.15, -0.1) is 0 Å². The molecule has 0 rings (SSSR count). The van der Waals surface area contributed by atoms with Crippen molar-refractivity contribution < 1.29 is 15.0 Å². The molecule has 0 bridgehead atoms. The van der Waals surface area contributed by atoms with Gasteiger partial charge in [0.2, 0.25) is 0 Å². The molecule has 2 atom stereocenters. The Morgan fingerprint density at radius 3 is 2.08 bits per heavy atom. The van der Waals surface area contributed by atoms with Crippen LogP contribution in [0.4, 0.5) is 0 Å². The lowest BCUT2D eigenvalue weighted by Crippen LogP contribution is -2.49. The average molecular weight is 189 g/mol. The molecule has 0 spiro atoms. The maximum absolute atomic E-state index is 10.7. The highest BCUT2D eigenvalue weighted by atomic mass is 16.4. The largest absolute Gasteiger partial charge is 0.480 e. The molecule has 3 N–H and O–H groups in total. The van der Waals surface area contributed by atoms with Crippen LogP contribution in [-0.2, 0) is 4.79 Å². The number of carboxylic acids is 1. The summed E-state index contributed by atoms with van der Waals surface area (Å²) in [5.74, 6) is -0.998. The second-order valence-corrected chi connectivity index (χ2v) is 3.24. The zero-order valence-electron chi connectivity index (χ0n) is 8.45. The van der Waals surface area contributed by atoms with Crippen molar-refractivity contribution in [2.45, 2.75) is 51.8 Å². The van der Waals surface area contributed by atoms with Gasteiger partial charge in [0.25, 0.3) is 0 Å². The van der Waals surface area contributed by atoms with Crippen molar-refractivity contribution in [3.63, 3.8) is 0 Å². The van der Waals surface area contributed by atoms with E-state index in [2.05, 4.69) is 5.32 Å². The van der Waals surface area contributed by atoms with Crippen LogP contribution in [0.3, 0.4) is 0 Å². The van der Waals surface area contributed by atoms with Crippen LogP contribution in [0.25, 0.3) is 0 Å². The van der Waals surface area contributed by atoms with Gasteiger partial charge >= 0.3 is 5.97 Å². The van der Waals surface area contributed by atoms with Gasteiger partial charge in [-0.25, -0.2) is 0 Å². The Balaban J connectivity index is 4.16. The molecule has 0 aromatic rings. The molecular weight excluding hydrogens is 170 g/mol. The van der Waals surface area contributed by atoms with E-state index in [0.29, 0.717) is 0 Å². The SMILES string of the molecule is CCC(CC)NC(C(=O)O)[C@H](C)O. The average Bonchev–Trinajstić information content (AvgIpc) is 2.05. The molecule has 0 aromatic carbocycles. The summed E-state index contributed by atoms with van der Waals surface area (Å²) < 4.78 is 0. The van der Waals surface area contributed by atoms with Gasteiger partial charge in [-0.05, 0) is 19.8 Å². The van der Waals surface area contributed by atoms with Crippen molar-refractivity contribution in [1.82, 2.24) is 5.32 Å². The maximum Gasteiger partial charge on any atom is 0.323 e. The number of carbonyl (C=O) groups is 1. The molecule has 0 saturated carbocycles. The normalized spacial score (nSPS) is 15.8. The molecule has 78 valence electrons. The minimum Gasteiger partial charge on any atom is -0.480 e. The van der Waals surface area contributed by atoms with E-state index in [1.807, 2.05) is 13.8 Å². The fraction of sp³-hybridized carbons (Fsp3) is 0.889. The van der Waals surface area contributed by atoms with Crippen molar-refractivity contribution in [1.29, 1.82) is 0 Å². The van der Waals surface area contributed by atoms with Crippen molar-refractivity contribution in [2.75, 3.05) is 0 Å². The Morgan fingerprint density at radius 1 is 1.38 bits per heavy atom. The molecule has 0 heterocycles. The summed E-state index contributed by atoms with van der Waals surface area (Å²) >= 11 is 0. The lowest BCUT2D eigenvalue weighted by Gasteiger charge is -2.22. The van der Waals surface area contributed by atoms with Gasteiger partial charge in [-0.2, -0.15) is 0 Å². The smallest absolute Gasteiger partial charge is 0.323 e. The van der Waals surface area contributed by atoms with Crippen LogP contribution in [0.2, 0.25) is 0 Å². The van der Waals surface area contributed by atoms with E-state index in [0.717, 1.165) is 12.8 Å². The van der Waals surface area contributed by atoms with Gasteiger partial charge in [0, 0.05) is 6.04 Å². The minimum absolute atomic E-state index is 0.163. The molecule has 0 aromatic heterocycles. The summed E-state index contributed by atoms with van der Waals surface area (Å²) in [5, 5.41) is 20.8. The molecule has 0 aliphatic rings. The number of carboxylic acid groups (broad SMARTS) is 1. The Morgan fingerprint density at radius 2 is 1.85 bits per heavy atom. The first kappa shape index (κ1) is 12.4. The first-order chi connectivity index (χ1) is 6.02. The highest BCUT2D eigenvalue weighted by Crippen LogP contribution is 2.01. The van der Waals surface area contributed by atoms with Crippen LogP contribution in [0.15, 0.2) is 0 Å². The monoisotopic (exact) mass is 189 g/mol. The van der Waals surface area contributed by atoms with E-state index < -0.39 is 18.1 Å². The first-order valence-electron chi connectivity index (χ1n) is 4.69. The van der Waals surface area contributed by atoms with E-state index in [-0.39, 0.29) is 6.04 Å². The van der Waals surface area contributed by atoms with Crippen LogP contribution in [0.1, 0.15) is 33.6 Å². The summed E-state index contributed by atoms with van der Waals surface area (Å²) in [6, 6.07) is -0.694. The molecule has 4 nitrogen and oxygen atoms in total. The van der Waals surface area contributed by atoms with Crippen LogP contribution >= 0.6 is 0 Å². The molecule has 0 aliphatic carbocycles. The highest BCUT2D eigenvalue weighted by Gasteiger charge is 2.24. The van der Waals surface area contributed by atoms with Crippen LogP contribution in [0, 0.1) is 0 Å². The molecule has 4 heteroatoms. The molecular formula is C9H19NO3. The quantitative estimate of drug-likeness (QED) is 0.572. The Hall–Kier alpha value is -0.610. The standard InChI is InChI=1S/C9H19NO3/c1-4-7(5-2)10-8(6(3)11)9(12)13/h6-8,10-11H,4-5H2,1-3H3,(H,12,13)/t6-,8?/m0/s1. The molecule has 0 fully saturated rings. The van der Waals surface area contributed by atoms with E-state index in [1.165, 1.54) is 6.92 Å². The summed E-state index contributed by atoms with van der Waals surface area (Å²) in [4.78, 5) is 10.7. The number of nitrogens with one attached hydrogen (secondary N) is 1. The second-order valence-electron chi connectivity index (χ2n) is 3.24. The van der Waals surface area contributed by atoms with E-state index >= 15 is 0 Å². The summed E-state index contributed by atoms with van der Waals surface area (Å²) in [6.45, 7) is 5.46. The van der Waals surface area contributed by atoms with Gasteiger partial charge in [0.1, 0.15) is 6.04 Å². The minimum atomic E-state index is -0.998. The van der Waals surface area contributed by atoms with Crippen LogP contribution < -0.4 is 5.32 Å². The predicted molar refractivity (Wildman–Crippen MR) is 50.6 cm³/mol. The Kier molecular flexibility index (Phi) is 5.66. The summed E-state index contributed by atoms with van der Waals surface area (Å²) in [7, 11) is 0. The lowest BCUT2D eigenvalue weighted by molar-refractivity contribution is -0.142. The Labute approximate surface area is 79.0 Å². The number of rotatable bonds is 6. The van der Waals surface area contributed by atoms with Gasteiger partial charge < -0.3 is 10.2 Å². The first-order valence-corrected chi connectivity index (χ1v) is 4.69. The van der Waals surface area contributed by atoms with Gasteiger partial charge in [-0.3, -0.25) is 10.1 Å². The van der Waals surface area contributed by atoms with Crippen LogP contribution in [-0.4, -0.2) is 34.4 Å². The lowest BCUT2D eigenvalue weighted by atomic mass is 10.1. The van der Waals surface area contributed by atoms with Crippen LogP contribution in [0.5, 0.6) is 0 Å². The van der Waals surface area contributed by atoms with Crippen molar-refractivity contribution >= 4 is 5.97 Å². The fourth-order valence-corrected chi connectivity index (χ4v) is 1.20. The van der Waals surface area contributed by atoms with Gasteiger partial charge in [-0.1, -0.05) is 13.8 Å². The number of hydrogen-bond donors (Lipinski definition) is 3. The third kappa shape index (κ3) is 4.24. The van der Waals surface area contributed by atoms with E-state index in [9.17, 15) is 9.90 Å². The maximum atomic E-state index is 10.7. The molecule has 1 unspecified atom stereocenters. The highest BCUT2D eigenvalue weighted by molar-refractivity contribution is 5.74. The van der Waals surface area contributed by atoms with Crippen molar-refractivity contribution in [3.8, 4) is 0 Å². The number of hydrogen-bond acceptors (Lipinski definition) is 3. The third-order valence-corrected chi connectivity index (χ3v) is 2.15. The topological polar surface area (TPSA) is 69.6 Å². The van der Waals surface area contributed by atoms with Crippen molar-refractivity contribution in [2.24, 2.45) is 0 Å². The number of aliphatic hydroxyl groups is 1. The molecule has 0 aliphatic heterocycles. The molecule has 13 heavy (non-hydrogen) atoms. The molecule has 0 radical (unpaired) electrons. The van der Waals surface area contributed by atoms with E-state index in [4.69, 9.17) is 5.11 Å². The second kappa shape index (κ2) is 5.94. The predicted octanol–water partition coefficient (Wildman–Crippen LogP) is 0.599. The zero-order chi connectivity index (χ0) is 10.4. The van der Waals surface area contributed by atoms with Crippen molar-refractivity contribution in [3.05, 3.63) is 0 Å². The van der Waals surface area contributed by atoms with E-state index in [1.54, 1.807) is 0 Å². The molecule has 0 saturated heterocycles. The van der Waals surface area contributed by atoms with Gasteiger partial charge in [0.15, 0.2) is 0 Å². The Bertz CT molecular complexity index is 155. The fourth-order valence-electron chi connectivity index (χ4n) is 1.20. The number of aliphatic hydroxyl groups excluding tert-OH is 1. The summed E-state index contributed by atoms with van der Waals surface area (Å²) in [6.07, 6.45) is 0.873. The number of aliphatic carboxylic acids is 1.